The van der Waals surface area contributed by atoms with E-state index in [0.29, 0.717) is 25.1 Å². The normalized spacial score (nSPS) is 31.6. The van der Waals surface area contributed by atoms with Gasteiger partial charge < -0.3 is 9.84 Å². The number of halogens is 2. The van der Waals surface area contributed by atoms with Crippen molar-refractivity contribution < 1.29 is 18.6 Å². The summed E-state index contributed by atoms with van der Waals surface area (Å²) in [6, 6.07) is 3.77. The van der Waals surface area contributed by atoms with Crippen LogP contribution in [0, 0.1) is 11.6 Å². The Morgan fingerprint density at radius 3 is 2.70 bits per heavy atom. The highest BCUT2D eigenvalue weighted by molar-refractivity contribution is 5.21. The number of rotatable bonds is 2. The van der Waals surface area contributed by atoms with E-state index in [0.717, 1.165) is 31.5 Å². The average Bonchev–Trinajstić information content (AvgIpc) is 2.88. The fourth-order valence-electron chi connectivity index (χ4n) is 3.13. The second-order valence-corrected chi connectivity index (χ2v) is 5.66. The van der Waals surface area contributed by atoms with Gasteiger partial charge in [-0.3, -0.25) is 4.90 Å². The maximum absolute atomic E-state index is 13.7. The number of nitrogens with zero attached hydrogens (tertiary/aromatic N) is 1. The SMILES string of the molecule is O[C@@H]1CCN([C@@H]2CC[C@@H](c3cc(F)ccc3F)OC2)C1. The largest absolute Gasteiger partial charge is 0.392 e. The van der Waals surface area contributed by atoms with Crippen LogP contribution in [0.2, 0.25) is 0 Å². The molecule has 2 aliphatic rings. The molecule has 5 heteroatoms. The molecule has 0 aliphatic carbocycles. The molecule has 2 fully saturated rings. The molecule has 3 nitrogen and oxygen atoms in total. The van der Waals surface area contributed by atoms with Crippen LogP contribution in [0.15, 0.2) is 18.2 Å². The summed E-state index contributed by atoms with van der Waals surface area (Å²) < 4.78 is 32.7. The summed E-state index contributed by atoms with van der Waals surface area (Å²) in [5.41, 5.74) is 0.310. The van der Waals surface area contributed by atoms with E-state index in [-0.39, 0.29) is 18.2 Å². The van der Waals surface area contributed by atoms with Crippen LogP contribution < -0.4 is 0 Å². The Bertz CT molecular complexity index is 475. The number of β-amino-alcohol motifs (C(OH)–C–C–N with tert-alkyl or cyclic N) is 1. The summed E-state index contributed by atoms with van der Waals surface area (Å²) in [5, 5.41) is 9.55. The topological polar surface area (TPSA) is 32.7 Å². The molecule has 1 aromatic rings. The van der Waals surface area contributed by atoms with Gasteiger partial charge in [-0.2, -0.15) is 0 Å². The monoisotopic (exact) mass is 283 g/mol. The van der Waals surface area contributed by atoms with E-state index in [9.17, 15) is 13.9 Å². The van der Waals surface area contributed by atoms with Gasteiger partial charge in [0.2, 0.25) is 0 Å². The number of ether oxygens (including phenoxy) is 1. The predicted molar refractivity (Wildman–Crippen MR) is 70.3 cm³/mol. The second-order valence-electron chi connectivity index (χ2n) is 5.66. The van der Waals surface area contributed by atoms with Crippen molar-refractivity contribution in [2.75, 3.05) is 19.7 Å². The summed E-state index contributed by atoms with van der Waals surface area (Å²) in [7, 11) is 0. The molecule has 0 radical (unpaired) electrons. The van der Waals surface area contributed by atoms with E-state index >= 15 is 0 Å². The molecule has 0 saturated carbocycles. The van der Waals surface area contributed by atoms with Gasteiger partial charge in [0, 0.05) is 24.7 Å². The zero-order chi connectivity index (χ0) is 14.1. The zero-order valence-corrected chi connectivity index (χ0v) is 11.3. The van der Waals surface area contributed by atoms with Gasteiger partial charge in [-0.1, -0.05) is 0 Å². The van der Waals surface area contributed by atoms with Crippen LogP contribution in [0.5, 0.6) is 0 Å². The Balaban J connectivity index is 1.62. The molecule has 3 atom stereocenters. The van der Waals surface area contributed by atoms with E-state index in [1.54, 1.807) is 0 Å². The van der Waals surface area contributed by atoms with Crippen molar-refractivity contribution in [2.24, 2.45) is 0 Å². The summed E-state index contributed by atoms with van der Waals surface area (Å²) in [4.78, 5) is 2.23. The van der Waals surface area contributed by atoms with Gasteiger partial charge in [-0.05, 0) is 37.5 Å². The third-order valence-corrected chi connectivity index (χ3v) is 4.27. The molecular weight excluding hydrogens is 264 g/mol. The maximum Gasteiger partial charge on any atom is 0.129 e. The Morgan fingerprint density at radius 2 is 2.05 bits per heavy atom. The molecule has 0 spiro atoms. The summed E-state index contributed by atoms with van der Waals surface area (Å²) in [5.74, 6) is -0.846. The van der Waals surface area contributed by atoms with Gasteiger partial charge in [0.15, 0.2) is 0 Å². The Hall–Kier alpha value is -1.04. The first-order valence-corrected chi connectivity index (χ1v) is 7.12. The third kappa shape index (κ3) is 2.85. The molecule has 0 unspecified atom stereocenters. The number of likely N-dealkylation sites (tertiary alicyclic amines) is 1. The van der Waals surface area contributed by atoms with Gasteiger partial charge in [0.05, 0.1) is 18.8 Å². The molecule has 0 bridgehead atoms. The minimum Gasteiger partial charge on any atom is -0.392 e. The lowest BCUT2D eigenvalue weighted by molar-refractivity contribution is -0.0365. The van der Waals surface area contributed by atoms with Crippen LogP contribution in [-0.2, 0) is 4.74 Å². The Kier molecular flexibility index (Phi) is 4.01. The minimum absolute atomic E-state index is 0.242. The number of benzene rings is 1. The Morgan fingerprint density at radius 1 is 1.20 bits per heavy atom. The number of aliphatic hydroxyl groups is 1. The number of hydrogen-bond donors (Lipinski definition) is 1. The van der Waals surface area contributed by atoms with Gasteiger partial charge in [0.25, 0.3) is 0 Å². The summed E-state index contributed by atoms with van der Waals surface area (Å²) in [6.45, 7) is 2.08. The highest BCUT2D eigenvalue weighted by Crippen LogP contribution is 2.32. The molecule has 110 valence electrons. The molecule has 0 aromatic heterocycles. The van der Waals surface area contributed by atoms with Crippen molar-refractivity contribution in [3.05, 3.63) is 35.4 Å². The molecule has 0 amide bonds. The van der Waals surface area contributed by atoms with E-state index in [1.807, 2.05) is 0 Å². The van der Waals surface area contributed by atoms with E-state index < -0.39 is 11.6 Å². The average molecular weight is 283 g/mol. The number of aliphatic hydroxyl groups excluding tert-OH is 1. The first-order valence-electron chi connectivity index (χ1n) is 7.12. The molecule has 1 N–H and O–H groups in total. The van der Waals surface area contributed by atoms with Crippen LogP contribution in [-0.4, -0.2) is 41.8 Å². The van der Waals surface area contributed by atoms with Crippen molar-refractivity contribution in [1.29, 1.82) is 0 Å². The van der Waals surface area contributed by atoms with Crippen molar-refractivity contribution in [2.45, 2.75) is 37.5 Å². The zero-order valence-electron chi connectivity index (χ0n) is 11.3. The predicted octanol–water partition coefficient (Wildman–Crippen LogP) is 2.25. The highest BCUT2D eigenvalue weighted by atomic mass is 19.1. The van der Waals surface area contributed by atoms with E-state index in [4.69, 9.17) is 4.74 Å². The van der Waals surface area contributed by atoms with Crippen LogP contribution in [0.25, 0.3) is 0 Å². The third-order valence-electron chi connectivity index (χ3n) is 4.27. The highest BCUT2D eigenvalue weighted by Gasteiger charge is 2.32. The maximum atomic E-state index is 13.7. The van der Waals surface area contributed by atoms with E-state index in [1.165, 1.54) is 6.07 Å². The van der Waals surface area contributed by atoms with Gasteiger partial charge in [0.1, 0.15) is 11.6 Å². The molecule has 2 heterocycles. The van der Waals surface area contributed by atoms with Gasteiger partial charge >= 0.3 is 0 Å². The van der Waals surface area contributed by atoms with Crippen molar-refractivity contribution in [3.63, 3.8) is 0 Å². The molecule has 3 rings (SSSR count). The fourth-order valence-corrected chi connectivity index (χ4v) is 3.13. The second kappa shape index (κ2) is 5.76. The van der Waals surface area contributed by atoms with Gasteiger partial charge in [-0.25, -0.2) is 8.78 Å². The first-order chi connectivity index (χ1) is 9.63. The summed E-state index contributed by atoms with van der Waals surface area (Å²) >= 11 is 0. The van der Waals surface area contributed by atoms with Crippen molar-refractivity contribution in [3.8, 4) is 0 Å². The lowest BCUT2D eigenvalue weighted by atomic mass is 9.98. The quantitative estimate of drug-likeness (QED) is 0.903. The van der Waals surface area contributed by atoms with Crippen LogP contribution in [0.3, 0.4) is 0 Å². The molecule has 1 aromatic carbocycles. The van der Waals surface area contributed by atoms with Crippen molar-refractivity contribution in [1.82, 2.24) is 4.90 Å². The fraction of sp³-hybridized carbons (Fsp3) is 0.600. The summed E-state index contributed by atoms with van der Waals surface area (Å²) in [6.07, 6.45) is 1.76. The molecule has 2 aliphatic heterocycles. The van der Waals surface area contributed by atoms with Crippen molar-refractivity contribution >= 4 is 0 Å². The number of hydrogen-bond acceptors (Lipinski definition) is 3. The van der Waals surface area contributed by atoms with Crippen LogP contribution >= 0.6 is 0 Å². The van der Waals surface area contributed by atoms with Crippen LogP contribution in [0.4, 0.5) is 8.78 Å². The standard InChI is InChI=1S/C15H19F2NO2/c16-10-1-3-14(17)13(7-10)15-4-2-11(9-20-15)18-6-5-12(19)8-18/h1,3,7,11-12,15,19H,2,4-6,8-9H2/t11-,12-,15+/m1/s1. The van der Waals surface area contributed by atoms with Crippen LogP contribution in [0.1, 0.15) is 30.9 Å². The minimum atomic E-state index is -0.435. The lowest BCUT2D eigenvalue weighted by Crippen LogP contribution is -2.40. The Labute approximate surface area is 117 Å². The first kappa shape index (κ1) is 13.9. The smallest absolute Gasteiger partial charge is 0.129 e. The van der Waals surface area contributed by atoms with E-state index in [2.05, 4.69) is 4.90 Å². The lowest BCUT2D eigenvalue weighted by Gasteiger charge is -2.34. The molecule has 2 saturated heterocycles. The molecular formula is C15H19F2NO2. The van der Waals surface area contributed by atoms with Gasteiger partial charge in [-0.15, -0.1) is 0 Å². The molecule has 20 heavy (non-hydrogen) atoms.